The van der Waals surface area contributed by atoms with E-state index in [4.69, 9.17) is 0 Å². The topological polar surface area (TPSA) is 52.1 Å². The lowest BCUT2D eigenvalue weighted by Crippen LogP contribution is -2.01. The Balaban J connectivity index is 2.40. The van der Waals surface area contributed by atoms with Crippen molar-refractivity contribution in [3.05, 3.63) is 35.0 Å². The number of aryl methyl sites for hydroxylation is 1. The molecule has 0 aliphatic heterocycles. The van der Waals surface area contributed by atoms with E-state index in [2.05, 4.69) is 21.6 Å². The number of thiazole rings is 1. The summed E-state index contributed by atoms with van der Waals surface area (Å²) in [6.45, 7) is 2.06. The van der Waals surface area contributed by atoms with E-state index in [0.717, 1.165) is 22.7 Å². The first-order valence-corrected chi connectivity index (χ1v) is 6.12. The van der Waals surface area contributed by atoms with Gasteiger partial charge in [-0.25, -0.2) is 9.78 Å². The first-order valence-electron chi connectivity index (χ1n) is 5.24. The largest absolute Gasteiger partial charge is 0.464 e. The third-order valence-corrected chi connectivity index (χ3v) is 3.22. The third-order valence-electron chi connectivity index (χ3n) is 2.37. The normalized spacial score (nSPS) is 10.2. The van der Waals surface area contributed by atoms with E-state index < -0.39 is 5.97 Å². The Labute approximate surface area is 103 Å². The number of carbonyl (C=O) groups is 1. The van der Waals surface area contributed by atoms with Crippen molar-refractivity contribution in [2.75, 3.05) is 7.11 Å². The fourth-order valence-electron chi connectivity index (χ4n) is 1.50. The lowest BCUT2D eigenvalue weighted by atomic mass is 10.1. The van der Waals surface area contributed by atoms with Crippen LogP contribution in [0, 0.1) is 0 Å². The van der Waals surface area contributed by atoms with E-state index in [9.17, 15) is 4.79 Å². The van der Waals surface area contributed by atoms with Crippen LogP contribution >= 0.6 is 11.3 Å². The number of carbonyl (C=O) groups excluding carboxylic acids is 1. The molecule has 0 unspecified atom stereocenters. The molecule has 88 valence electrons. The highest BCUT2D eigenvalue weighted by Gasteiger charge is 2.14. The van der Waals surface area contributed by atoms with Crippen LogP contribution in [0.15, 0.2) is 23.7 Å². The molecule has 0 spiro atoms. The minimum Gasteiger partial charge on any atom is -0.464 e. The second-order valence-electron chi connectivity index (χ2n) is 3.39. The molecule has 0 atom stereocenters. The van der Waals surface area contributed by atoms with Crippen LogP contribution in [0.1, 0.15) is 23.0 Å². The van der Waals surface area contributed by atoms with Gasteiger partial charge in [0, 0.05) is 11.6 Å². The molecule has 0 aliphatic carbocycles. The summed E-state index contributed by atoms with van der Waals surface area (Å²) in [6, 6.07) is 3.92. The molecule has 2 aromatic rings. The number of esters is 1. The van der Waals surface area contributed by atoms with Gasteiger partial charge < -0.3 is 4.74 Å². The van der Waals surface area contributed by atoms with Crippen molar-refractivity contribution in [1.29, 1.82) is 0 Å². The van der Waals surface area contributed by atoms with Crippen LogP contribution in [0.3, 0.4) is 0 Å². The van der Waals surface area contributed by atoms with Gasteiger partial charge in [0.1, 0.15) is 10.7 Å². The summed E-state index contributed by atoms with van der Waals surface area (Å²) in [4.78, 5) is 19.9. The summed E-state index contributed by atoms with van der Waals surface area (Å²) in [5.41, 5.74) is 2.30. The third kappa shape index (κ3) is 2.34. The molecule has 0 fully saturated rings. The van der Waals surface area contributed by atoms with Crippen molar-refractivity contribution in [3.63, 3.8) is 0 Å². The first kappa shape index (κ1) is 11.7. The fraction of sp³-hybridized carbons (Fsp3) is 0.250. The Hall–Kier alpha value is -1.75. The molecule has 0 aromatic carbocycles. The van der Waals surface area contributed by atoms with E-state index in [1.165, 1.54) is 18.4 Å². The summed E-state index contributed by atoms with van der Waals surface area (Å²) in [5, 5.41) is 2.44. The number of aromatic nitrogens is 2. The second kappa shape index (κ2) is 5.05. The average Bonchev–Trinajstić information content (AvgIpc) is 2.87. The predicted molar refractivity (Wildman–Crippen MR) is 66.1 cm³/mol. The number of rotatable bonds is 3. The Morgan fingerprint density at radius 1 is 1.53 bits per heavy atom. The number of hydrogen-bond acceptors (Lipinski definition) is 5. The van der Waals surface area contributed by atoms with Gasteiger partial charge >= 0.3 is 5.97 Å². The molecular formula is C12H12N2O2S. The van der Waals surface area contributed by atoms with Crippen molar-refractivity contribution in [3.8, 4) is 10.7 Å². The zero-order chi connectivity index (χ0) is 12.3. The highest BCUT2D eigenvalue weighted by atomic mass is 32.1. The van der Waals surface area contributed by atoms with Gasteiger partial charge in [0.25, 0.3) is 0 Å². The second-order valence-corrected chi connectivity index (χ2v) is 4.25. The van der Waals surface area contributed by atoms with E-state index in [-0.39, 0.29) is 0 Å². The van der Waals surface area contributed by atoms with Crippen molar-refractivity contribution in [2.24, 2.45) is 0 Å². The molecule has 0 aliphatic rings. The highest BCUT2D eigenvalue weighted by molar-refractivity contribution is 7.13. The maximum Gasteiger partial charge on any atom is 0.357 e. The summed E-state index contributed by atoms with van der Waals surface area (Å²) in [7, 11) is 1.35. The van der Waals surface area contributed by atoms with Crippen LogP contribution in [0.25, 0.3) is 10.7 Å². The fourth-order valence-corrected chi connectivity index (χ4v) is 2.32. The van der Waals surface area contributed by atoms with E-state index >= 15 is 0 Å². The quantitative estimate of drug-likeness (QED) is 0.783. The molecular weight excluding hydrogens is 236 g/mol. The van der Waals surface area contributed by atoms with Crippen LogP contribution in [-0.4, -0.2) is 23.0 Å². The Kier molecular flexibility index (Phi) is 3.49. The molecule has 2 aromatic heterocycles. The van der Waals surface area contributed by atoms with Gasteiger partial charge in [-0.3, -0.25) is 4.98 Å². The molecule has 2 rings (SSSR count). The van der Waals surface area contributed by atoms with Gasteiger partial charge in [0.2, 0.25) is 0 Å². The molecule has 5 heteroatoms. The zero-order valence-electron chi connectivity index (χ0n) is 9.64. The molecule has 0 N–H and O–H groups in total. The zero-order valence-corrected chi connectivity index (χ0v) is 10.5. The van der Waals surface area contributed by atoms with Crippen molar-refractivity contribution in [1.82, 2.24) is 9.97 Å². The smallest absolute Gasteiger partial charge is 0.357 e. The molecule has 0 saturated heterocycles. The highest BCUT2D eigenvalue weighted by Crippen LogP contribution is 2.25. The van der Waals surface area contributed by atoms with Crippen LogP contribution in [0.4, 0.5) is 0 Å². The summed E-state index contributed by atoms with van der Waals surface area (Å²) in [6.07, 6.45) is 2.62. The van der Waals surface area contributed by atoms with E-state index in [0.29, 0.717) is 5.69 Å². The maximum atomic E-state index is 11.3. The molecule has 4 nitrogen and oxygen atoms in total. The van der Waals surface area contributed by atoms with E-state index in [1.807, 2.05) is 12.1 Å². The molecule has 17 heavy (non-hydrogen) atoms. The lowest BCUT2D eigenvalue weighted by molar-refractivity contribution is 0.0595. The Bertz CT molecular complexity index is 537. The molecule has 0 radical (unpaired) electrons. The van der Waals surface area contributed by atoms with Gasteiger partial charge in [-0.15, -0.1) is 11.3 Å². The van der Waals surface area contributed by atoms with Gasteiger partial charge in [0.15, 0.2) is 5.69 Å². The maximum absolute atomic E-state index is 11.3. The first-order chi connectivity index (χ1) is 8.26. The molecule has 2 heterocycles. The summed E-state index contributed by atoms with van der Waals surface area (Å²) < 4.78 is 4.63. The lowest BCUT2D eigenvalue weighted by Gasteiger charge is -2.02. The van der Waals surface area contributed by atoms with Crippen molar-refractivity contribution >= 4 is 17.3 Å². The van der Waals surface area contributed by atoms with Crippen LogP contribution < -0.4 is 0 Å². The van der Waals surface area contributed by atoms with Gasteiger partial charge in [0.05, 0.1) is 7.11 Å². The van der Waals surface area contributed by atoms with Crippen LogP contribution in [0.2, 0.25) is 0 Å². The van der Waals surface area contributed by atoms with Crippen molar-refractivity contribution < 1.29 is 9.53 Å². The number of methoxy groups -OCH3 is 1. The number of ether oxygens (including phenoxy) is 1. The van der Waals surface area contributed by atoms with Crippen LogP contribution in [0.5, 0.6) is 0 Å². The standard InChI is InChI=1S/C12H12N2O2S/c1-3-8-5-4-6-13-10(8)11-14-9(7-17-11)12(15)16-2/h4-7H,3H2,1-2H3. The predicted octanol–water partition coefficient (Wildman–Crippen LogP) is 2.55. The molecule has 0 saturated carbocycles. The number of pyridine rings is 1. The van der Waals surface area contributed by atoms with Crippen molar-refractivity contribution in [2.45, 2.75) is 13.3 Å². The number of hydrogen-bond donors (Lipinski definition) is 0. The minimum atomic E-state index is -0.415. The van der Waals surface area contributed by atoms with E-state index in [1.54, 1.807) is 11.6 Å². The van der Waals surface area contributed by atoms with Crippen LogP contribution in [-0.2, 0) is 11.2 Å². The van der Waals surface area contributed by atoms with Gasteiger partial charge in [-0.05, 0) is 18.1 Å². The van der Waals surface area contributed by atoms with Gasteiger partial charge in [-0.2, -0.15) is 0 Å². The minimum absolute atomic E-state index is 0.334. The molecule has 0 amide bonds. The Morgan fingerprint density at radius 2 is 2.35 bits per heavy atom. The monoisotopic (exact) mass is 248 g/mol. The van der Waals surface area contributed by atoms with Gasteiger partial charge in [-0.1, -0.05) is 13.0 Å². The SMILES string of the molecule is CCc1cccnc1-c1nc(C(=O)OC)cs1. The average molecular weight is 248 g/mol. The number of nitrogens with zero attached hydrogens (tertiary/aromatic N) is 2. The Morgan fingerprint density at radius 3 is 3.06 bits per heavy atom. The summed E-state index contributed by atoms with van der Waals surface area (Å²) >= 11 is 1.40. The molecule has 0 bridgehead atoms. The summed E-state index contributed by atoms with van der Waals surface area (Å²) in [5.74, 6) is -0.415.